The molecule has 2 amide bonds. The standard InChI is InChI=1S/C15H22N4O2/c1-2-3-8-19-12-13(11-14(19)20)15(21)18(9-4-6-16)10-5-7-17/h13H,2-5,8-12H2,1H3. The van der Waals surface area contributed by atoms with Gasteiger partial charge in [-0.1, -0.05) is 13.3 Å². The Labute approximate surface area is 125 Å². The Morgan fingerprint density at radius 2 is 1.95 bits per heavy atom. The van der Waals surface area contributed by atoms with Crippen LogP contribution in [0.4, 0.5) is 0 Å². The third-order valence-corrected chi connectivity index (χ3v) is 3.64. The van der Waals surface area contributed by atoms with E-state index in [0.29, 0.717) is 26.2 Å². The maximum atomic E-state index is 12.5. The zero-order chi connectivity index (χ0) is 15.7. The normalized spacial score (nSPS) is 17.4. The third-order valence-electron chi connectivity index (χ3n) is 3.64. The highest BCUT2D eigenvalue weighted by atomic mass is 16.2. The number of nitriles is 2. The average Bonchev–Trinajstić information content (AvgIpc) is 2.86. The molecule has 0 spiro atoms. The molecule has 6 heteroatoms. The molecule has 21 heavy (non-hydrogen) atoms. The van der Waals surface area contributed by atoms with Crippen molar-refractivity contribution in [2.45, 2.75) is 39.0 Å². The first kappa shape index (κ1) is 17.0. The van der Waals surface area contributed by atoms with Gasteiger partial charge < -0.3 is 9.80 Å². The Morgan fingerprint density at radius 3 is 2.48 bits per heavy atom. The van der Waals surface area contributed by atoms with Crippen molar-refractivity contribution >= 4 is 11.8 Å². The number of unbranched alkanes of at least 4 members (excludes halogenated alkanes) is 1. The monoisotopic (exact) mass is 290 g/mol. The van der Waals surface area contributed by atoms with E-state index in [1.54, 1.807) is 9.80 Å². The first-order valence-corrected chi connectivity index (χ1v) is 7.44. The van der Waals surface area contributed by atoms with Crippen LogP contribution in [0, 0.1) is 28.6 Å². The lowest BCUT2D eigenvalue weighted by Crippen LogP contribution is -2.38. The van der Waals surface area contributed by atoms with Gasteiger partial charge >= 0.3 is 0 Å². The van der Waals surface area contributed by atoms with Gasteiger partial charge in [-0.25, -0.2) is 0 Å². The minimum Gasteiger partial charge on any atom is -0.342 e. The molecule has 1 heterocycles. The average molecular weight is 290 g/mol. The van der Waals surface area contributed by atoms with Crippen molar-refractivity contribution < 1.29 is 9.59 Å². The summed E-state index contributed by atoms with van der Waals surface area (Å²) in [7, 11) is 0. The number of rotatable bonds is 8. The Morgan fingerprint density at radius 1 is 1.33 bits per heavy atom. The second-order valence-electron chi connectivity index (χ2n) is 5.24. The number of nitrogens with zero attached hydrogens (tertiary/aromatic N) is 4. The van der Waals surface area contributed by atoms with Crippen molar-refractivity contribution in [3.8, 4) is 12.1 Å². The van der Waals surface area contributed by atoms with Gasteiger partial charge in [0.05, 0.1) is 30.9 Å². The van der Waals surface area contributed by atoms with Crippen molar-refractivity contribution in [3.05, 3.63) is 0 Å². The first-order valence-electron chi connectivity index (χ1n) is 7.44. The number of carbonyl (C=O) groups is 2. The number of hydrogen-bond acceptors (Lipinski definition) is 4. The summed E-state index contributed by atoms with van der Waals surface area (Å²) < 4.78 is 0. The summed E-state index contributed by atoms with van der Waals surface area (Å²) in [4.78, 5) is 27.6. The molecule has 114 valence electrons. The predicted octanol–water partition coefficient (Wildman–Crippen LogP) is 1.29. The Hall–Kier alpha value is -2.08. The molecular formula is C15H22N4O2. The fraction of sp³-hybridized carbons (Fsp3) is 0.733. The predicted molar refractivity (Wildman–Crippen MR) is 76.6 cm³/mol. The largest absolute Gasteiger partial charge is 0.342 e. The lowest BCUT2D eigenvalue weighted by molar-refractivity contribution is -0.135. The second-order valence-corrected chi connectivity index (χ2v) is 5.24. The minimum atomic E-state index is -0.327. The highest BCUT2D eigenvalue weighted by Gasteiger charge is 2.35. The van der Waals surface area contributed by atoms with E-state index in [2.05, 4.69) is 6.92 Å². The van der Waals surface area contributed by atoms with Crippen LogP contribution in [0.15, 0.2) is 0 Å². The topological polar surface area (TPSA) is 88.2 Å². The van der Waals surface area contributed by atoms with E-state index in [0.717, 1.165) is 12.8 Å². The molecule has 0 N–H and O–H groups in total. The minimum absolute atomic E-state index is 0.0299. The van der Waals surface area contributed by atoms with E-state index in [9.17, 15) is 9.59 Å². The summed E-state index contributed by atoms with van der Waals surface area (Å²) in [6.07, 6.45) is 2.70. The number of amides is 2. The molecule has 0 bridgehead atoms. The molecule has 0 aromatic rings. The van der Waals surface area contributed by atoms with Crippen LogP contribution < -0.4 is 0 Å². The van der Waals surface area contributed by atoms with Crippen molar-refractivity contribution in [1.82, 2.24) is 9.80 Å². The van der Waals surface area contributed by atoms with Gasteiger partial charge in [0, 0.05) is 32.6 Å². The van der Waals surface area contributed by atoms with Crippen LogP contribution in [0.25, 0.3) is 0 Å². The number of likely N-dealkylation sites (tertiary alicyclic amines) is 1. The van der Waals surface area contributed by atoms with Crippen molar-refractivity contribution in [1.29, 1.82) is 10.5 Å². The summed E-state index contributed by atoms with van der Waals surface area (Å²) in [5, 5.41) is 17.3. The van der Waals surface area contributed by atoms with Gasteiger partial charge in [-0.2, -0.15) is 10.5 Å². The summed E-state index contributed by atoms with van der Waals surface area (Å²) in [5.41, 5.74) is 0. The van der Waals surface area contributed by atoms with E-state index >= 15 is 0 Å². The highest BCUT2D eigenvalue weighted by molar-refractivity contribution is 5.89. The van der Waals surface area contributed by atoms with E-state index in [1.165, 1.54) is 0 Å². The molecule has 1 atom stereocenters. The van der Waals surface area contributed by atoms with Gasteiger partial charge in [0.2, 0.25) is 11.8 Å². The van der Waals surface area contributed by atoms with Crippen LogP contribution in [0.1, 0.15) is 39.0 Å². The van der Waals surface area contributed by atoms with Gasteiger partial charge in [0.1, 0.15) is 0 Å². The molecule has 1 rings (SSSR count). The molecule has 0 aromatic carbocycles. The van der Waals surface area contributed by atoms with E-state index in [4.69, 9.17) is 10.5 Å². The van der Waals surface area contributed by atoms with Gasteiger partial charge in [-0.3, -0.25) is 9.59 Å². The zero-order valence-corrected chi connectivity index (χ0v) is 12.5. The molecule has 0 saturated carbocycles. The van der Waals surface area contributed by atoms with E-state index in [1.807, 2.05) is 12.1 Å². The van der Waals surface area contributed by atoms with Crippen LogP contribution in [0.5, 0.6) is 0 Å². The lowest BCUT2D eigenvalue weighted by atomic mass is 10.1. The van der Waals surface area contributed by atoms with Gasteiger partial charge in [-0.05, 0) is 6.42 Å². The molecule has 0 aliphatic carbocycles. The van der Waals surface area contributed by atoms with Crippen molar-refractivity contribution in [3.63, 3.8) is 0 Å². The molecule has 1 saturated heterocycles. The van der Waals surface area contributed by atoms with E-state index < -0.39 is 0 Å². The molecule has 6 nitrogen and oxygen atoms in total. The maximum absolute atomic E-state index is 12.5. The fourth-order valence-corrected chi connectivity index (χ4v) is 2.46. The maximum Gasteiger partial charge on any atom is 0.228 e. The summed E-state index contributed by atoms with van der Waals surface area (Å²) in [6, 6.07) is 4.02. The van der Waals surface area contributed by atoms with E-state index in [-0.39, 0.29) is 37.0 Å². The Balaban J connectivity index is 2.60. The number of hydrogen-bond donors (Lipinski definition) is 0. The fourth-order valence-electron chi connectivity index (χ4n) is 2.46. The van der Waals surface area contributed by atoms with Crippen LogP contribution in [-0.2, 0) is 9.59 Å². The molecule has 1 aliphatic rings. The lowest BCUT2D eigenvalue weighted by Gasteiger charge is -2.24. The SMILES string of the molecule is CCCCN1CC(C(=O)N(CCC#N)CCC#N)CC1=O. The smallest absolute Gasteiger partial charge is 0.228 e. The summed E-state index contributed by atoms with van der Waals surface area (Å²) in [5.74, 6) is -0.401. The molecular weight excluding hydrogens is 268 g/mol. The van der Waals surface area contributed by atoms with Gasteiger partial charge in [0.25, 0.3) is 0 Å². The molecule has 0 aromatic heterocycles. The van der Waals surface area contributed by atoms with Crippen LogP contribution in [-0.4, -0.2) is 47.8 Å². The number of carbonyl (C=O) groups excluding carboxylic acids is 2. The Kier molecular flexibility index (Phi) is 7.25. The summed E-state index contributed by atoms with van der Waals surface area (Å²) >= 11 is 0. The Bertz CT molecular complexity index is 432. The molecule has 0 radical (unpaired) electrons. The highest BCUT2D eigenvalue weighted by Crippen LogP contribution is 2.21. The van der Waals surface area contributed by atoms with Gasteiger partial charge in [0.15, 0.2) is 0 Å². The molecule has 1 aliphatic heterocycles. The third kappa shape index (κ3) is 5.07. The van der Waals surface area contributed by atoms with Gasteiger partial charge in [-0.15, -0.1) is 0 Å². The quantitative estimate of drug-likeness (QED) is 0.674. The zero-order valence-electron chi connectivity index (χ0n) is 12.5. The second kappa shape index (κ2) is 8.97. The van der Waals surface area contributed by atoms with Crippen molar-refractivity contribution in [2.75, 3.05) is 26.2 Å². The van der Waals surface area contributed by atoms with Crippen LogP contribution in [0.2, 0.25) is 0 Å². The van der Waals surface area contributed by atoms with Crippen molar-refractivity contribution in [2.24, 2.45) is 5.92 Å². The molecule has 1 fully saturated rings. The van der Waals surface area contributed by atoms with Crippen LogP contribution >= 0.6 is 0 Å². The van der Waals surface area contributed by atoms with Crippen LogP contribution in [0.3, 0.4) is 0 Å². The molecule has 1 unspecified atom stereocenters. The first-order chi connectivity index (χ1) is 10.1. The summed E-state index contributed by atoms with van der Waals surface area (Å²) in [6.45, 7) is 3.89.